The average Bonchev–Trinajstić information content (AvgIpc) is 3.20. The number of hydrogen-bond acceptors (Lipinski definition) is 7. The number of nitrogens with zero attached hydrogens (tertiary/aromatic N) is 3. The molecule has 0 aliphatic carbocycles. The normalized spacial score (nSPS) is 10.6. The highest BCUT2D eigenvalue weighted by Gasteiger charge is 2.13. The molecule has 2 aromatic carbocycles. The first-order chi connectivity index (χ1) is 14.4. The molecule has 3 aromatic rings. The van der Waals surface area contributed by atoms with Crippen LogP contribution >= 0.6 is 11.8 Å². The summed E-state index contributed by atoms with van der Waals surface area (Å²) < 4.78 is 5.68. The van der Waals surface area contributed by atoms with Gasteiger partial charge >= 0.3 is 0 Å². The topological polar surface area (TPSA) is 123 Å². The maximum atomic E-state index is 12.2. The van der Waals surface area contributed by atoms with Crippen LogP contribution in [-0.4, -0.2) is 31.8 Å². The fraction of sp³-hybridized carbons (Fsp3) is 0.250. The second kappa shape index (κ2) is 9.88. The van der Waals surface area contributed by atoms with Gasteiger partial charge < -0.3 is 10.1 Å². The van der Waals surface area contributed by atoms with E-state index in [2.05, 4.69) is 27.4 Å². The molecule has 0 aliphatic rings. The summed E-state index contributed by atoms with van der Waals surface area (Å²) in [7, 11) is 0. The summed E-state index contributed by atoms with van der Waals surface area (Å²) >= 11 is 1.16. The number of carbonyl (C=O) groups is 1. The van der Waals surface area contributed by atoms with Gasteiger partial charge in [-0.25, -0.2) is 4.98 Å². The Hall–Kier alpha value is -3.40. The number of anilines is 1. The number of amides is 1. The predicted molar refractivity (Wildman–Crippen MR) is 114 cm³/mol. The Morgan fingerprint density at radius 2 is 2.03 bits per heavy atom. The summed E-state index contributed by atoms with van der Waals surface area (Å²) in [4.78, 5) is 26.9. The summed E-state index contributed by atoms with van der Waals surface area (Å²) in [5, 5.41) is 20.9. The summed E-state index contributed by atoms with van der Waals surface area (Å²) in [6, 6.07) is 12.2. The number of benzene rings is 2. The van der Waals surface area contributed by atoms with Crippen molar-refractivity contribution in [1.82, 2.24) is 15.2 Å². The van der Waals surface area contributed by atoms with Gasteiger partial charge in [0.1, 0.15) is 12.4 Å². The van der Waals surface area contributed by atoms with Crippen LogP contribution < -0.4 is 10.1 Å². The lowest BCUT2D eigenvalue weighted by Gasteiger charge is -2.07. The zero-order chi connectivity index (χ0) is 21.5. The molecule has 10 heteroatoms. The molecule has 1 heterocycles. The van der Waals surface area contributed by atoms with Crippen LogP contribution in [0, 0.1) is 17.0 Å². The maximum Gasteiger partial charge on any atom is 0.271 e. The number of ether oxygens (including phenoxy) is 1. The van der Waals surface area contributed by atoms with Gasteiger partial charge in [0.2, 0.25) is 11.1 Å². The number of nitro groups is 1. The molecule has 3 rings (SSSR count). The molecular formula is C20H21N5O4S. The molecule has 0 radical (unpaired) electrons. The van der Waals surface area contributed by atoms with Gasteiger partial charge in [-0.2, -0.15) is 0 Å². The Kier molecular flexibility index (Phi) is 7.02. The standard InChI is InChI=1S/C20H21N5O4S/c1-3-14-5-8-16(9-6-14)29-11-18-22-20(24-23-18)30-12-19(26)21-17-10-15(25(27)28)7-4-13(17)2/h4-10H,3,11-12H2,1-2H3,(H,21,26)(H,22,23,24). The molecule has 0 bridgehead atoms. The molecule has 1 amide bonds. The molecule has 2 N–H and O–H groups in total. The second-order valence-corrected chi connectivity index (χ2v) is 7.39. The third-order valence-corrected chi connectivity index (χ3v) is 5.10. The first-order valence-electron chi connectivity index (χ1n) is 9.25. The highest BCUT2D eigenvalue weighted by molar-refractivity contribution is 7.99. The minimum atomic E-state index is -0.501. The fourth-order valence-corrected chi connectivity index (χ4v) is 3.17. The van der Waals surface area contributed by atoms with Crippen LogP contribution in [0.25, 0.3) is 0 Å². The van der Waals surface area contributed by atoms with Crippen LogP contribution in [0.15, 0.2) is 47.6 Å². The summed E-state index contributed by atoms with van der Waals surface area (Å²) in [6.07, 6.45) is 0.970. The second-order valence-electron chi connectivity index (χ2n) is 6.44. The van der Waals surface area contributed by atoms with E-state index in [9.17, 15) is 14.9 Å². The summed E-state index contributed by atoms with van der Waals surface area (Å²) in [5.41, 5.74) is 2.31. The molecule has 0 saturated heterocycles. The van der Waals surface area contributed by atoms with E-state index in [4.69, 9.17) is 4.74 Å². The van der Waals surface area contributed by atoms with Crippen LogP contribution in [0.4, 0.5) is 11.4 Å². The van der Waals surface area contributed by atoms with Gasteiger partial charge in [0, 0.05) is 12.1 Å². The van der Waals surface area contributed by atoms with E-state index in [1.807, 2.05) is 24.3 Å². The van der Waals surface area contributed by atoms with Gasteiger partial charge in [-0.15, -0.1) is 5.10 Å². The average molecular weight is 427 g/mol. The fourth-order valence-electron chi connectivity index (χ4n) is 2.55. The molecule has 156 valence electrons. The van der Waals surface area contributed by atoms with Crippen molar-refractivity contribution in [2.45, 2.75) is 32.0 Å². The lowest BCUT2D eigenvalue weighted by Crippen LogP contribution is -2.15. The number of carbonyl (C=O) groups excluding carboxylic acids is 1. The van der Waals surface area contributed by atoms with Crippen LogP contribution in [0.3, 0.4) is 0 Å². The number of nitrogens with one attached hydrogen (secondary N) is 2. The van der Waals surface area contributed by atoms with Crippen molar-refractivity contribution in [2.75, 3.05) is 11.1 Å². The molecule has 1 aromatic heterocycles. The van der Waals surface area contributed by atoms with Gasteiger partial charge in [0.05, 0.1) is 16.4 Å². The zero-order valence-corrected chi connectivity index (χ0v) is 17.4. The van der Waals surface area contributed by atoms with Crippen molar-refractivity contribution in [1.29, 1.82) is 0 Å². The summed E-state index contributed by atoms with van der Waals surface area (Å²) in [6.45, 7) is 4.09. The van der Waals surface area contributed by atoms with Crippen molar-refractivity contribution in [2.24, 2.45) is 0 Å². The molecule has 0 saturated carbocycles. The Balaban J connectivity index is 1.49. The van der Waals surface area contributed by atoms with E-state index < -0.39 is 4.92 Å². The van der Waals surface area contributed by atoms with Gasteiger partial charge in [-0.3, -0.25) is 20.0 Å². The number of nitro benzene ring substituents is 1. The molecule has 0 fully saturated rings. The van der Waals surface area contributed by atoms with Crippen molar-refractivity contribution in [3.63, 3.8) is 0 Å². The van der Waals surface area contributed by atoms with E-state index in [0.29, 0.717) is 16.7 Å². The number of aryl methyl sites for hydroxylation is 2. The SMILES string of the molecule is CCc1ccc(OCc2nc(SCC(=O)Nc3cc([N+](=O)[O-])ccc3C)n[nH]2)cc1. The molecule has 0 spiro atoms. The molecule has 0 atom stereocenters. The minimum Gasteiger partial charge on any atom is -0.486 e. The van der Waals surface area contributed by atoms with Crippen LogP contribution in [0.2, 0.25) is 0 Å². The van der Waals surface area contributed by atoms with E-state index in [1.165, 1.54) is 17.7 Å². The largest absolute Gasteiger partial charge is 0.486 e. The summed E-state index contributed by atoms with van der Waals surface area (Å²) in [5.74, 6) is 1.05. The monoisotopic (exact) mass is 427 g/mol. The first kappa shape index (κ1) is 21.3. The maximum absolute atomic E-state index is 12.2. The van der Waals surface area contributed by atoms with Crippen molar-refractivity contribution in [3.05, 3.63) is 69.5 Å². The lowest BCUT2D eigenvalue weighted by atomic mass is 10.2. The number of hydrogen-bond donors (Lipinski definition) is 2. The third kappa shape index (κ3) is 5.80. The van der Waals surface area contributed by atoms with Crippen molar-refractivity contribution in [3.8, 4) is 5.75 Å². The van der Waals surface area contributed by atoms with Gasteiger partial charge in [-0.1, -0.05) is 36.9 Å². The lowest BCUT2D eigenvalue weighted by molar-refractivity contribution is -0.384. The highest BCUT2D eigenvalue weighted by Crippen LogP contribution is 2.22. The zero-order valence-electron chi connectivity index (χ0n) is 16.5. The number of non-ortho nitro benzene ring substituents is 1. The smallest absolute Gasteiger partial charge is 0.271 e. The Labute approximate surface area is 177 Å². The molecular weight excluding hydrogens is 406 g/mol. The Morgan fingerprint density at radius 1 is 1.27 bits per heavy atom. The first-order valence-corrected chi connectivity index (χ1v) is 10.2. The molecule has 9 nitrogen and oxygen atoms in total. The molecule has 0 aliphatic heterocycles. The van der Waals surface area contributed by atoms with E-state index >= 15 is 0 Å². The van der Waals surface area contributed by atoms with E-state index in [0.717, 1.165) is 29.5 Å². The van der Waals surface area contributed by atoms with Gasteiger partial charge in [0.25, 0.3) is 5.69 Å². The minimum absolute atomic E-state index is 0.0682. The van der Waals surface area contributed by atoms with Gasteiger partial charge in [0.15, 0.2) is 5.82 Å². The number of aromatic nitrogens is 3. The number of thioether (sulfide) groups is 1. The molecule has 0 unspecified atom stereocenters. The Bertz CT molecular complexity index is 1040. The third-order valence-electron chi connectivity index (χ3n) is 4.26. The predicted octanol–water partition coefficient (Wildman–Crippen LogP) is 3.89. The number of rotatable bonds is 9. The van der Waals surface area contributed by atoms with Crippen molar-refractivity contribution < 1.29 is 14.5 Å². The number of aromatic amines is 1. The highest BCUT2D eigenvalue weighted by atomic mass is 32.2. The van der Waals surface area contributed by atoms with Crippen LogP contribution in [0.5, 0.6) is 5.75 Å². The Morgan fingerprint density at radius 3 is 2.73 bits per heavy atom. The van der Waals surface area contributed by atoms with Crippen LogP contribution in [-0.2, 0) is 17.8 Å². The molecule has 30 heavy (non-hydrogen) atoms. The van der Waals surface area contributed by atoms with Crippen molar-refractivity contribution >= 4 is 29.0 Å². The van der Waals surface area contributed by atoms with E-state index in [1.54, 1.807) is 13.0 Å². The quantitative estimate of drug-likeness (QED) is 0.302. The van der Waals surface area contributed by atoms with Crippen LogP contribution in [0.1, 0.15) is 23.9 Å². The van der Waals surface area contributed by atoms with Gasteiger partial charge in [-0.05, 0) is 36.6 Å². The number of H-pyrrole nitrogens is 1. The van der Waals surface area contributed by atoms with E-state index in [-0.39, 0.29) is 24.0 Å².